The number of benzene rings is 2. The summed E-state index contributed by atoms with van der Waals surface area (Å²) in [5, 5.41) is 7.25. The molecule has 0 bridgehead atoms. The highest BCUT2D eigenvalue weighted by molar-refractivity contribution is 7.90. The first kappa shape index (κ1) is 21.4. The van der Waals surface area contributed by atoms with Crippen LogP contribution in [-0.2, 0) is 27.9 Å². The number of fused-ring (bicyclic) bond motifs is 1. The highest BCUT2D eigenvalue weighted by atomic mass is 32.2. The molecule has 33 heavy (non-hydrogen) atoms. The Labute approximate surface area is 193 Å². The Morgan fingerprint density at radius 3 is 2.64 bits per heavy atom. The number of rotatable bonds is 5. The molecule has 2 aliphatic rings. The third kappa shape index (κ3) is 4.54. The first-order valence-electron chi connectivity index (χ1n) is 11.0. The number of nitrogens with zero attached hydrogens (tertiary/aromatic N) is 4. The summed E-state index contributed by atoms with van der Waals surface area (Å²) in [6, 6.07) is 16.9. The van der Waals surface area contributed by atoms with E-state index in [0.29, 0.717) is 37.6 Å². The monoisotopic (exact) mass is 463 g/mol. The molecule has 1 saturated heterocycles. The maximum Gasteiger partial charge on any atom is 0.285 e. The van der Waals surface area contributed by atoms with Gasteiger partial charge in [-0.05, 0) is 42.2 Å². The van der Waals surface area contributed by atoms with Gasteiger partial charge in [0.15, 0.2) is 5.84 Å². The van der Waals surface area contributed by atoms with E-state index in [2.05, 4.69) is 14.8 Å². The van der Waals surface area contributed by atoms with Crippen LogP contribution < -0.4 is 5.32 Å². The van der Waals surface area contributed by atoms with Crippen molar-refractivity contribution in [2.45, 2.75) is 30.8 Å². The molecular weight excluding hydrogens is 438 g/mol. The van der Waals surface area contributed by atoms with E-state index < -0.39 is 10.0 Å². The molecule has 0 saturated carbocycles. The number of hydrogen-bond donors (Lipinski definition) is 1. The number of likely N-dealkylation sites (tertiary alicyclic amines) is 1. The average molecular weight is 464 g/mol. The molecule has 1 fully saturated rings. The van der Waals surface area contributed by atoms with Crippen LogP contribution in [0.15, 0.2) is 76.3 Å². The lowest BCUT2D eigenvalue weighted by Gasteiger charge is -2.33. The fourth-order valence-electron chi connectivity index (χ4n) is 4.38. The minimum absolute atomic E-state index is 0.0185. The van der Waals surface area contributed by atoms with E-state index >= 15 is 0 Å². The normalized spacial score (nSPS) is 19.1. The van der Waals surface area contributed by atoms with Gasteiger partial charge in [-0.3, -0.25) is 9.48 Å². The Morgan fingerprint density at radius 1 is 1.06 bits per heavy atom. The van der Waals surface area contributed by atoms with Crippen molar-refractivity contribution < 1.29 is 13.2 Å². The van der Waals surface area contributed by atoms with Crippen LogP contribution in [0.5, 0.6) is 0 Å². The molecule has 0 spiro atoms. The summed E-state index contributed by atoms with van der Waals surface area (Å²) in [4.78, 5) is 15.0. The van der Waals surface area contributed by atoms with Crippen LogP contribution in [0.25, 0.3) is 0 Å². The molecule has 1 atom stereocenters. The molecule has 9 heteroatoms. The second-order valence-corrected chi connectivity index (χ2v) is 9.98. The van der Waals surface area contributed by atoms with Gasteiger partial charge in [-0.1, -0.05) is 36.4 Å². The zero-order valence-corrected chi connectivity index (χ0v) is 18.9. The predicted octanol–water partition coefficient (Wildman–Crippen LogP) is 2.41. The maximum atomic E-state index is 12.9. The summed E-state index contributed by atoms with van der Waals surface area (Å²) in [7, 11) is -3.67. The predicted molar refractivity (Wildman–Crippen MR) is 124 cm³/mol. The van der Waals surface area contributed by atoms with Gasteiger partial charge in [0.1, 0.15) is 4.90 Å². The lowest BCUT2D eigenvalue weighted by atomic mass is 9.96. The summed E-state index contributed by atoms with van der Waals surface area (Å²) >= 11 is 0. The van der Waals surface area contributed by atoms with Gasteiger partial charge in [0.05, 0.1) is 12.5 Å². The van der Waals surface area contributed by atoms with Crippen molar-refractivity contribution in [2.24, 2.45) is 10.3 Å². The third-order valence-electron chi connectivity index (χ3n) is 6.10. The molecule has 0 radical (unpaired) electrons. The Bertz CT molecular complexity index is 1280. The second kappa shape index (κ2) is 8.82. The molecule has 1 aromatic heterocycles. The third-order valence-corrected chi connectivity index (χ3v) is 7.42. The van der Waals surface area contributed by atoms with Gasteiger partial charge in [-0.2, -0.15) is 13.5 Å². The van der Waals surface area contributed by atoms with Gasteiger partial charge in [0.25, 0.3) is 10.0 Å². The first-order valence-corrected chi connectivity index (χ1v) is 12.5. The van der Waals surface area contributed by atoms with Gasteiger partial charge in [0.2, 0.25) is 5.91 Å². The van der Waals surface area contributed by atoms with E-state index in [-0.39, 0.29) is 16.7 Å². The SMILES string of the molecule is O=C(NCc1ccc(Cn2cccn2)cc1)[C@@H]1CCCN(C2=NS(=O)(=O)c3ccccc32)C1. The highest BCUT2D eigenvalue weighted by Gasteiger charge is 2.35. The summed E-state index contributed by atoms with van der Waals surface area (Å²) in [6.07, 6.45) is 5.26. The number of aromatic nitrogens is 2. The zero-order valence-electron chi connectivity index (χ0n) is 18.1. The number of hydrogen-bond acceptors (Lipinski definition) is 5. The van der Waals surface area contributed by atoms with Crippen molar-refractivity contribution in [2.75, 3.05) is 13.1 Å². The number of sulfonamides is 1. The highest BCUT2D eigenvalue weighted by Crippen LogP contribution is 2.29. The van der Waals surface area contributed by atoms with Crippen molar-refractivity contribution in [1.82, 2.24) is 20.0 Å². The lowest BCUT2D eigenvalue weighted by Crippen LogP contribution is -2.45. The fraction of sp³-hybridized carbons (Fsp3) is 0.292. The number of carbonyl (C=O) groups excluding carboxylic acids is 1. The first-order chi connectivity index (χ1) is 16.0. The summed E-state index contributed by atoms with van der Waals surface area (Å²) in [6.45, 7) is 2.30. The summed E-state index contributed by atoms with van der Waals surface area (Å²) in [5.41, 5.74) is 2.79. The minimum Gasteiger partial charge on any atom is -0.355 e. The Hall–Kier alpha value is -3.46. The van der Waals surface area contributed by atoms with Crippen LogP contribution in [0, 0.1) is 5.92 Å². The number of carbonyl (C=O) groups is 1. The number of nitrogens with one attached hydrogen (secondary N) is 1. The van der Waals surface area contributed by atoms with Gasteiger partial charge in [0, 0.05) is 37.6 Å². The van der Waals surface area contributed by atoms with Crippen molar-refractivity contribution in [3.05, 3.63) is 83.7 Å². The van der Waals surface area contributed by atoms with Crippen LogP contribution in [0.3, 0.4) is 0 Å². The fourth-order valence-corrected chi connectivity index (χ4v) is 5.60. The van der Waals surface area contributed by atoms with Gasteiger partial charge in [-0.25, -0.2) is 0 Å². The van der Waals surface area contributed by atoms with Crippen molar-refractivity contribution >= 4 is 21.8 Å². The smallest absolute Gasteiger partial charge is 0.285 e. The van der Waals surface area contributed by atoms with Crippen LogP contribution in [-0.4, -0.2) is 47.9 Å². The van der Waals surface area contributed by atoms with Gasteiger partial charge in [-0.15, -0.1) is 4.40 Å². The van der Waals surface area contributed by atoms with E-state index in [4.69, 9.17) is 0 Å². The Kier molecular flexibility index (Phi) is 5.72. The number of piperidine rings is 1. The molecule has 3 aromatic rings. The second-order valence-electron chi connectivity index (χ2n) is 8.41. The Balaban J connectivity index is 1.20. The molecular formula is C24H25N5O3S. The van der Waals surface area contributed by atoms with E-state index in [0.717, 1.165) is 24.0 Å². The van der Waals surface area contributed by atoms with Gasteiger partial charge >= 0.3 is 0 Å². The van der Waals surface area contributed by atoms with Crippen LogP contribution in [0.4, 0.5) is 0 Å². The number of amidine groups is 1. The molecule has 5 rings (SSSR count). The maximum absolute atomic E-state index is 12.9. The molecule has 3 heterocycles. The van der Waals surface area contributed by atoms with Crippen molar-refractivity contribution in [3.63, 3.8) is 0 Å². The zero-order chi connectivity index (χ0) is 22.8. The Morgan fingerprint density at radius 2 is 1.85 bits per heavy atom. The summed E-state index contributed by atoms with van der Waals surface area (Å²) < 4.78 is 30.7. The van der Waals surface area contributed by atoms with Crippen LogP contribution in [0.1, 0.15) is 29.5 Å². The summed E-state index contributed by atoms with van der Waals surface area (Å²) in [5.74, 6) is 0.224. The minimum atomic E-state index is -3.67. The molecule has 0 aliphatic carbocycles. The van der Waals surface area contributed by atoms with Crippen LogP contribution >= 0.6 is 0 Å². The molecule has 8 nitrogen and oxygen atoms in total. The lowest BCUT2D eigenvalue weighted by molar-refractivity contribution is -0.126. The topological polar surface area (TPSA) is 96.7 Å². The molecule has 1 amide bonds. The van der Waals surface area contributed by atoms with Crippen LogP contribution in [0.2, 0.25) is 0 Å². The van der Waals surface area contributed by atoms with E-state index in [1.54, 1.807) is 24.4 Å². The number of amides is 1. The standard InChI is InChI=1S/C24H25N5O3S/c30-24(25-15-18-8-10-19(11-9-18)16-29-14-4-12-26-29)20-5-3-13-28(17-20)23-21-6-1-2-7-22(21)33(31,32)27-23/h1-2,4,6-12,14,20H,3,5,13,15-17H2,(H,25,30)/t20-/m1/s1. The largest absolute Gasteiger partial charge is 0.355 e. The van der Waals surface area contributed by atoms with E-state index in [1.165, 1.54) is 0 Å². The molecule has 2 aromatic carbocycles. The molecule has 1 N–H and O–H groups in total. The van der Waals surface area contributed by atoms with E-state index in [1.807, 2.05) is 52.2 Å². The average Bonchev–Trinajstić information content (AvgIpc) is 3.44. The van der Waals surface area contributed by atoms with Gasteiger partial charge < -0.3 is 10.2 Å². The van der Waals surface area contributed by atoms with Crippen molar-refractivity contribution in [1.29, 1.82) is 0 Å². The van der Waals surface area contributed by atoms with E-state index in [9.17, 15) is 13.2 Å². The molecule has 2 aliphatic heterocycles. The van der Waals surface area contributed by atoms with Crippen molar-refractivity contribution in [3.8, 4) is 0 Å². The molecule has 0 unspecified atom stereocenters. The quantitative estimate of drug-likeness (QED) is 0.627. The molecule has 170 valence electrons.